The Balaban J connectivity index is 1.69. The summed E-state index contributed by atoms with van der Waals surface area (Å²) in [5, 5.41) is 4.95. The van der Waals surface area contributed by atoms with Crippen LogP contribution in [0.4, 0.5) is 13.6 Å². The van der Waals surface area contributed by atoms with E-state index in [1.165, 1.54) is 14.0 Å². The molecule has 29 heavy (non-hydrogen) atoms. The van der Waals surface area contributed by atoms with Crippen LogP contribution in [0.5, 0.6) is 5.75 Å². The van der Waals surface area contributed by atoms with Gasteiger partial charge >= 0.3 is 6.03 Å². The van der Waals surface area contributed by atoms with Crippen LogP contribution >= 0.6 is 0 Å². The first-order chi connectivity index (χ1) is 13.7. The molecule has 1 heterocycles. The van der Waals surface area contributed by atoms with Crippen molar-refractivity contribution in [2.75, 3.05) is 13.7 Å². The van der Waals surface area contributed by atoms with E-state index in [4.69, 9.17) is 4.74 Å². The maximum atomic E-state index is 14.1. The summed E-state index contributed by atoms with van der Waals surface area (Å²) in [6, 6.07) is 8.80. The molecule has 2 aromatic rings. The summed E-state index contributed by atoms with van der Waals surface area (Å²) < 4.78 is 32.8. The van der Waals surface area contributed by atoms with Gasteiger partial charge < -0.3 is 15.4 Å². The molecule has 9 heteroatoms. The minimum Gasteiger partial charge on any atom is -0.497 e. The molecular weight excluding hydrogens is 384 g/mol. The molecule has 0 unspecified atom stereocenters. The molecule has 1 fully saturated rings. The number of nitrogens with one attached hydrogen (secondary N) is 2. The van der Waals surface area contributed by atoms with Crippen molar-refractivity contribution >= 4 is 17.8 Å². The van der Waals surface area contributed by atoms with Gasteiger partial charge in [0.2, 0.25) is 5.91 Å². The summed E-state index contributed by atoms with van der Waals surface area (Å²) in [6.07, 6.45) is 0. The fourth-order valence-corrected chi connectivity index (χ4v) is 3.09. The maximum Gasteiger partial charge on any atom is 0.325 e. The minimum atomic E-state index is -1.81. The zero-order chi connectivity index (χ0) is 21.2. The lowest BCUT2D eigenvalue weighted by Gasteiger charge is -2.22. The van der Waals surface area contributed by atoms with Crippen LogP contribution in [0.15, 0.2) is 42.5 Å². The van der Waals surface area contributed by atoms with Crippen molar-refractivity contribution in [2.45, 2.75) is 19.0 Å². The van der Waals surface area contributed by atoms with E-state index in [2.05, 4.69) is 10.6 Å². The van der Waals surface area contributed by atoms with Gasteiger partial charge in [-0.05, 0) is 42.8 Å². The maximum absolute atomic E-state index is 14.1. The van der Waals surface area contributed by atoms with Gasteiger partial charge in [0.05, 0.1) is 7.11 Å². The third kappa shape index (κ3) is 4.03. The molecule has 7 nitrogen and oxygen atoms in total. The van der Waals surface area contributed by atoms with E-state index in [-0.39, 0.29) is 12.1 Å². The number of hydrogen-bond donors (Lipinski definition) is 2. The van der Waals surface area contributed by atoms with Crippen LogP contribution in [0.25, 0.3) is 0 Å². The van der Waals surface area contributed by atoms with Gasteiger partial charge in [0, 0.05) is 12.1 Å². The first-order valence-corrected chi connectivity index (χ1v) is 8.74. The number of methoxy groups -OCH3 is 1. The van der Waals surface area contributed by atoms with Gasteiger partial charge in [-0.25, -0.2) is 13.6 Å². The standard InChI is InChI=1S/C20H19F2N3O4/c1-20(15-9-13(21)6-7-16(15)22)18(27)25(19(28)24-20)11-17(26)23-10-12-4-3-5-14(8-12)29-2/h3-9H,10-11H2,1-2H3,(H,23,26)(H,24,28)/t20-/m0/s1. The van der Waals surface area contributed by atoms with E-state index in [9.17, 15) is 23.2 Å². The van der Waals surface area contributed by atoms with E-state index >= 15 is 0 Å². The van der Waals surface area contributed by atoms with Gasteiger partial charge in [-0.15, -0.1) is 0 Å². The highest BCUT2D eigenvalue weighted by Gasteiger charge is 2.50. The van der Waals surface area contributed by atoms with Crippen molar-refractivity contribution in [3.8, 4) is 5.75 Å². The topological polar surface area (TPSA) is 87.7 Å². The van der Waals surface area contributed by atoms with Crippen LogP contribution in [0.1, 0.15) is 18.1 Å². The molecular formula is C20H19F2N3O4. The zero-order valence-electron chi connectivity index (χ0n) is 15.8. The van der Waals surface area contributed by atoms with E-state index in [0.717, 1.165) is 23.8 Å². The normalized spacial score (nSPS) is 18.6. The Morgan fingerprint density at radius 1 is 1.21 bits per heavy atom. The molecule has 1 saturated heterocycles. The summed E-state index contributed by atoms with van der Waals surface area (Å²) >= 11 is 0. The number of nitrogens with zero attached hydrogens (tertiary/aromatic N) is 1. The summed E-state index contributed by atoms with van der Waals surface area (Å²) in [5.74, 6) is -2.39. The molecule has 2 N–H and O–H groups in total. The Morgan fingerprint density at radius 2 is 1.97 bits per heavy atom. The lowest BCUT2D eigenvalue weighted by molar-refractivity contribution is -0.134. The Morgan fingerprint density at radius 3 is 2.69 bits per heavy atom. The number of carbonyl (C=O) groups excluding carboxylic acids is 3. The second kappa shape index (κ2) is 7.86. The van der Waals surface area contributed by atoms with Crippen molar-refractivity contribution in [1.29, 1.82) is 0 Å². The first kappa shape index (κ1) is 20.2. The molecule has 0 aromatic heterocycles. The highest BCUT2D eigenvalue weighted by molar-refractivity contribution is 6.09. The van der Waals surface area contributed by atoms with Crippen LogP contribution in [-0.4, -0.2) is 36.4 Å². The number of carbonyl (C=O) groups is 3. The van der Waals surface area contributed by atoms with E-state index in [1.54, 1.807) is 24.3 Å². The number of benzene rings is 2. The fraction of sp³-hybridized carbons (Fsp3) is 0.250. The highest BCUT2D eigenvalue weighted by atomic mass is 19.1. The number of rotatable bonds is 6. The van der Waals surface area contributed by atoms with Gasteiger partial charge in [0.15, 0.2) is 0 Å². The van der Waals surface area contributed by atoms with Gasteiger partial charge in [0.25, 0.3) is 5.91 Å². The molecule has 0 radical (unpaired) electrons. The van der Waals surface area contributed by atoms with Crippen LogP contribution < -0.4 is 15.4 Å². The van der Waals surface area contributed by atoms with E-state index < -0.39 is 41.6 Å². The van der Waals surface area contributed by atoms with Gasteiger partial charge in [0.1, 0.15) is 29.5 Å². The number of imide groups is 1. The molecule has 1 atom stereocenters. The van der Waals surface area contributed by atoms with Crippen molar-refractivity contribution in [3.05, 3.63) is 65.2 Å². The van der Waals surface area contributed by atoms with E-state index in [1.807, 2.05) is 0 Å². The smallest absolute Gasteiger partial charge is 0.325 e. The van der Waals surface area contributed by atoms with Crippen molar-refractivity contribution < 1.29 is 27.9 Å². The minimum absolute atomic E-state index is 0.162. The molecule has 2 aromatic carbocycles. The van der Waals surface area contributed by atoms with Crippen LogP contribution in [0, 0.1) is 11.6 Å². The summed E-state index contributed by atoms with van der Waals surface area (Å²) in [5.41, 5.74) is -1.35. The quantitative estimate of drug-likeness (QED) is 0.723. The van der Waals surface area contributed by atoms with Crippen LogP contribution in [-0.2, 0) is 21.7 Å². The fourth-order valence-electron chi connectivity index (χ4n) is 3.09. The number of urea groups is 1. The molecule has 3 rings (SSSR count). The first-order valence-electron chi connectivity index (χ1n) is 8.74. The number of ether oxygens (including phenoxy) is 1. The summed E-state index contributed by atoms with van der Waals surface area (Å²) in [6.45, 7) is 0.871. The zero-order valence-corrected chi connectivity index (χ0v) is 15.8. The SMILES string of the molecule is COc1cccc(CNC(=O)CN2C(=O)N[C@@](C)(c3cc(F)ccc3F)C2=O)c1. The molecule has 1 aliphatic rings. The molecule has 0 aliphatic carbocycles. The van der Waals surface area contributed by atoms with E-state index in [0.29, 0.717) is 10.6 Å². The average molecular weight is 403 g/mol. The highest BCUT2D eigenvalue weighted by Crippen LogP contribution is 2.31. The van der Waals surface area contributed by atoms with Crippen molar-refractivity contribution in [2.24, 2.45) is 0 Å². The lowest BCUT2D eigenvalue weighted by atomic mass is 9.91. The number of halogens is 2. The summed E-state index contributed by atoms with van der Waals surface area (Å²) in [4.78, 5) is 37.9. The molecule has 4 amide bonds. The molecule has 152 valence electrons. The third-order valence-electron chi connectivity index (χ3n) is 4.67. The van der Waals surface area contributed by atoms with Crippen LogP contribution in [0.3, 0.4) is 0 Å². The summed E-state index contributed by atoms with van der Waals surface area (Å²) in [7, 11) is 1.52. The molecule has 0 bridgehead atoms. The molecule has 0 saturated carbocycles. The van der Waals surface area contributed by atoms with Crippen LogP contribution in [0.2, 0.25) is 0 Å². The number of hydrogen-bond acceptors (Lipinski definition) is 4. The Labute approximate surface area is 165 Å². The van der Waals surface area contributed by atoms with Crippen molar-refractivity contribution in [3.63, 3.8) is 0 Å². The van der Waals surface area contributed by atoms with Gasteiger partial charge in [-0.3, -0.25) is 14.5 Å². The number of amides is 4. The Kier molecular flexibility index (Phi) is 5.49. The second-order valence-electron chi connectivity index (χ2n) is 6.70. The van der Waals surface area contributed by atoms with Gasteiger partial charge in [-0.2, -0.15) is 0 Å². The predicted molar refractivity (Wildman–Crippen MR) is 98.8 cm³/mol. The molecule has 1 aliphatic heterocycles. The monoisotopic (exact) mass is 403 g/mol. The largest absolute Gasteiger partial charge is 0.497 e. The lowest BCUT2D eigenvalue weighted by Crippen LogP contribution is -2.43. The second-order valence-corrected chi connectivity index (χ2v) is 6.70. The molecule has 0 spiro atoms. The van der Waals surface area contributed by atoms with Crippen molar-refractivity contribution in [1.82, 2.24) is 15.5 Å². The third-order valence-corrected chi connectivity index (χ3v) is 4.67. The van der Waals surface area contributed by atoms with Gasteiger partial charge in [-0.1, -0.05) is 12.1 Å². The Hall–Kier alpha value is -3.49. The average Bonchev–Trinajstić information content (AvgIpc) is 2.92. The predicted octanol–water partition coefficient (Wildman–Crippen LogP) is 2.06. The Bertz CT molecular complexity index is 982.